The number of rotatable bonds is 3. The lowest BCUT2D eigenvalue weighted by atomic mass is 9.85. The molecule has 1 aliphatic carbocycles. The molecule has 0 amide bonds. The number of anilines is 1. The van der Waals surface area contributed by atoms with Gasteiger partial charge >= 0.3 is 5.69 Å². The number of nitrogens with two attached hydrogens (primary N) is 1. The van der Waals surface area contributed by atoms with Crippen LogP contribution in [0.1, 0.15) is 25.0 Å². The molecule has 0 spiro atoms. The van der Waals surface area contributed by atoms with Gasteiger partial charge in [0.1, 0.15) is 5.69 Å². The second-order valence-corrected chi connectivity index (χ2v) is 4.06. The van der Waals surface area contributed by atoms with Gasteiger partial charge in [0.2, 0.25) is 5.82 Å². The number of hydrogen-bond acceptors (Lipinski definition) is 4. The smallest absolute Gasteiger partial charge is 0.333 e. The Labute approximate surface area is 87.2 Å². The van der Waals surface area contributed by atoms with Crippen molar-refractivity contribution in [2.45, 2.75) is 32.7 Å². The summed E-state index contributed by atoms with van der Waals surface area (Å²) >= 11 is 0. The van der Waals surface area contributed by atoms with Gasteiger partial charge in [-0.05, 0) is 25.7 Å². The molecule has 0 radical (unpaired) electrons. The number of nitro groups is 1. The lowest BCUT2D eigenvalue weighted by molar-refractivity contribution is -0.384. The van der Waals surface area contributed by atoms with Crippen LogP contribution in [0, 0.1) is 23.0 Å². The van der Waals surface area contributed by atoms with E-state index >= 15 is 0 Å². The first-order valence-corrected chi connectivity index (χ1v) is 5.07. The molecule has 2 N–H and O–H groups in total. The molecule has 1 aromatic heterocycles. The SMILES string of the molecule is Cc1nn(CC2CCC2)c(N)c1[N+](=O)[O-]. The minimum absolute atomic E-state index is 0.0469. The first-order chi connectivity index (χ1) is 7.09. The van der Waals surface area contributed by atoms with Gasteiger partial charge in [0.05, 0.1) is 4.92 Å². The first kappa shape index (κ1) is 9.95. The highest BCUT2D eigenvalue weighted by atomic mass is 16.6. The molecule has 0 atom stereocenters. The molecule has 6 nitrogen and oxygen atoms in total. The largest absolute Gasteiger partial charge is 0.378 e. The molecule has 1 saturated carbocycles. The van der Waals surface area contributed by atoms with Crippen molar-refractivity contribution in [1.82, 2.24) is 9.78 Å². The summed E-state index contributed by atoms with van der Waals surface area (Å²) in [6, 6.07) is 0. The van der Waals surface area contributed by atoms with Gasteiger partial charge in [0, 0.05) is 6.54 Å². The van der Waals surface area contributed by atoms with Gasteiger partial charge in [-0.3, -0.25) is 10.1 Å². The van der Waals surface area contributed by atoms with Crippen LogP contribution in [0.4, 0.5) is 11.5 Å². The molecule has 0 saturated heterocycles. The van der Waals surface area contributed by atoms with Crippen molar-refractivity contribution in [2.75, 3.05) is 5.73 Å². The Bertz CT molecular complexity index is 395. The molecule has 1 aromatic rings. The molecular formula is C9H14N4O2. The quantitative estimate of drug-likeness (QED) is 0.604. The summed E-state index contributed by atoms with van der Waals surface area (Å²) in [5.74, 6) is 0.774. The third kappa shape index (κ3) is 1.67. The number of hydrogen-bond donors (Lipinski definition) is 1. The van der Waals surface area contributed by atoms with Gasteiger partial charge in [-0.15, -0.1) is 0 Å². The Morgan fingerprint density at radius 1 is 1.67 bits per heavy atom. The molecule has 1 heterocycles. The van der Waals surface area contributed by atoms with Crippen LogP contribution in [0.2, 0.25) is 0 Å². The molecule has 0 unspecified atom stereocenters. The van der Waals surface area contributed by atoms with E-state index in [4.69, 9.17) is 5.73 Å². The zero-order chi connectivity index (χ0) is 11.0. The first-order valence-electron chi connectivity index (χ1n) is 5.07. The van der Waals surface area contributed by atoms with Crippen molar-refractivity contribution in [3.8, 4) is 0 Å². The molecule has 15 heavy (non-hydrogen) atoms. The predicted molar refractivity (Wildman–Crippen MR) is 55.4 cm³/mol. The molecule has 1 aliphatic rings. The summed E-state index contributed by atoms with van der Waals surface area (Å²) in [4.78, 5) is 10.2. The number of aromatic nitrogens is 2. The number of nitrogens with zero attached hydrogens (tertiary/aromatic N) is 3. The van der Waals surface area contributed by atoms with E-state index in [1.807, 2.05) is 0 Å². The maximum absolute atomic E-state index is 10.7. The minimum atomic E-state index is -0.463. The van der Waals surface area contributed by atoms with E-state index in [1.165, 1.54) is 19.3 Å². The molecule has 0 bridgehead atoms. The van der Waals surface area contributed by atoms with E-state index in [-0.39, 0.29) is 11.5 Å². The summed E-state index contributed by atoms with van der Waals surface area (Å²) in [7, 11) is 0. The van der Waals surface area contributed by atoms with E-state index < -0.39 is 4.92 Å². The van der Waals surface area contributed by atoms with Crippen LogP contribution in [-0.2, 0) is 6.54 Å². The van der Waals surface area contributed by atoms with E-state index in [0.29, 0.717) is 18.2 Å². The molecule has 1 fully saturated rings. The number of aryl methyl sites for hydroxylation is 1. The Morgan fingerprint density at radius 2 is 2.33 bits per heavy atom. The normalized spacial score (nSPS) is 16.3. The Balaban J connectivity index is 2.24. The number of nitrogen functional groups attached to an aromatic ring is 1. The average Bonchev–Trinajstić information content (AvgIpc) is 2.34. The van der Waals surface area contributed by atoms with E-state index in [9.17, 15) is 10.1 Å². The van der Waals surface area contributed by atoms with E-state index in [2.05, 4.69) is 5.10 Å². The Kier molecular flexibility index (Phi) is 2.34. The molecule has 0 aliphatic heterocycles. The van der Waals surface area contributed by atoms with Gasteiger partial charge in [0.15, 0.2) is 0 Å². The highest BCUT2D eigenvalue weighted by Crippen LogP contribution is 2.31. The molecule has 0 aromatic carbocycles. The van der Waals surface area contributed by atoms with E-state index in [0.717, 1.165) is 0 Å². The summed E-state index contributed by atoms with van der Waals surface area (Å²) < 4.78 is 1.57. The van der Waals surface area contributed by atoms with Gasteiger partial charge in [-0.25, -0.2) is 4.68 Å². The summed E-state index contributed by atoms with van der Waals surface area (Å²) in [6.07, 6.45) is 3.59. The zero-order valence-corrected chi connectivity index (χ0v) is 8.64. The van der Waals surface area contributed by atoms with Gasteiger partial charge < -0.3 is 5.73 Å². The highest BCUT2D eigenvalue weighted by Gasteiger charge is 2.26. The van der Waals surface area contributed by atoms with Crippen molar-refractivity contribution >= 4 is 11.5 Å². The molecular weight excluding hydrogens is 196 g/mol. The zero-order valence-electron chi connectivity index (χ0n) is 8.64. The molecule has 6 heteroatoms. The molecule has 82 valence electrons. The average molecular weight is 210 g/mol. The molecule has 2 rings (SSSR count). The minimum Gasteiger partial charge on any atom is -0.378 e. The third-order valence-corrected chi connectivity index (χ3v) is 2.97. The predicted octanol–water partition coefficient (Wildman–Crippen LogP) is 1.48. The van der Waals surface area contributed by atoms with Gasteiger partial charge in [-0.2, -0.15) is 5.10 Å². The Morgan fingerprint density at radius 3 is 2.73 bits per heavy atom. The van der Waals surface area contributed by atoms with Crippen molar-refractivity contribution in [3.63, 3.8) is 0 Å². The lowest BCUT2D eigenvalue weighted by Gasteiger charge is -2.25. The van der Waals surface area contributed by atoms with Gasteiger partial charge in [-0.1, -0.05) is 6.42 Å². The monoisotopic (exact) mass is 210 g/mol. The standard InChI is InChI=1S/C9H14N4O2/c1-6-8(13(14)15)9(10)12(11-6)5-7-3-2-4-7/h7H,2-5,10H2,1H3. The van der Waals surface area contributed by atoms with Crippen LogP contribution in [0.25, 0.3) is 0 Å². The van der Waals surface area contributed by atoms with Crippen LogP contribution in [-0.4, -0.2) is 14.7 Å². The lowest BCUT2D eigenvalue weighted by Crippen LogP contribution is -2.20. The summed E-state index contributed by atoms with van der Waals surface area (Å²) in [5, 5.41) is 14.8. The topological polar surface area (TPSA) is 87.0 Å². The second kappa shape index (κ2) is 3.52. The third-order valence-electron chi connectivity index (χ3n) is 2.97. The van der Waals surface area contributed by atoms with Crippen molar-refractivity contribution < 1.29 is 4.92 Å². The van der Waals surface area contributed by atoms with Crippen molar-refractivity contribution in [3.05, 3.63) is 15.8 Å². The second-order valence-electron chi connectivity index (χ2n) is 4.06. The van der Waals surface area contributed by atoms with Gasteiger partial charge in [0.25, 0.3) is 0 Å². The maximum Gasteiger partial charge on any atom is 0.333 e. The van der Waals surface area contributed by atoms with Crippen molar-refractivity contribution in [1.29, 1.82) is 0 Å². The van der Waals surface area contributed by atoms with Crippen LogP contribution >= 0.6 is 0 Å². The van der Waals surface area contributed by atoms with Crippen LogP contribution in [0.3, 0.4) is 0 Å². The maximum atomic E-state index is 10.7. The van der Waals surface area contributed by atoms with E-state index in [1.54, 1.807) is 11.6 Å². The van der Waals surface area contributed by atoms with Crippen LogP contribution in [0.5, 0.6) is 0 Å². The fourth-order valence-electron chi connectivity index (χ4n) is 1.87. The fraction of sp³-hybridized carbons (Fsp3) is 0.667. The summed E-state index contributed by atoms with van der Waals surface area (Å²) in [6.45, 7) is 2.33. The highest BCUT2D eigenvalue weighted by molar-refractivity contribution is 5.55. The Hall–Kier alpha value is -1.59. The fourth-order valence-corrected chi connectivity index (χ4v) is 1.87. The van der Waals surface area contributed by atoms with Crippen molar-refractivity contribution in [2.24, 2.45) is 5.92 Å². The van der Waals surface area contributed by atoms with Crippen LogP contribution < -0.4 is 5.73 Å². The summed E-state index contributed by atoms with van der Waals surface area (Å²) in [5.41, 5.74) is 6.04. The van der Waals surface area contributed by atoms with Crippen LogP contribution in [0.15, 0.2) is 0 Å².